The predicted octanol–water partition coefficient (Wildman–Crippen LogP) is 3.22. The van der Waals surface area contributed by atoms with Crippen molar-refractivity contribution in [3.63, 3.8) is 0 Å². The van der Waals surface area contributed by atoms with Crippen LogP contribution in [0.2, 0.25) is 0 Å². The first-order valence-corrected chi connectivity index (χ1v) is 7.37. The Morgan fingerprint density at radius 2 is 2.11 bits per heavy atom. The molecular formula is C15H20ClNO2. The number of ether oxygens (including phenoxy) is 1. The fourth-order valence-electron chi connectivity index (χ4n) is 2.53. The largest absolute Gasteiger partial charge is 0.494 e. The van der Waals surface area contributed by atoms with Gasteiger partial charge in [0.25, 0.3) is 5.91 Å². The van der Waals surface area contributed by atoms with Gasteiger partial charge in [-0.3, -0.25) is 4.79 Å². The number of rotatable bonds is 5. The van der Waals surface area contributed by atoms with E-state index in [0.717, 1.165) is 25.0 Å². The fourth-order valence-corrected chi connectivity index (χ4v) is 2.90. The van der Waals surface area contributed by atoms with Gasteiger partial charge in [0.2, 0.25) is 0 Å². The molecule has 1 aliphatic carbocycles. The minimum Gasteiger partial charge on any atom is -0.494 e. The molecule has 1 amide bonds. The van der Waals surface area contributed by atoms with Gasteiger partial charge in [-0.2, -0.15) is 0 Å². The second-order valence-electron chi connectivity index (χ2n) is 4.88. The van der Waals surface area contributed by atoms with Gasteiger partial charge in [-0.05, 0) is 49.9 Å². The molecule has 0 heterocycles. The van der Waals surface area contributed by atoms with Crippen LogP contribution in [0.4, 0.5) is 0 Å². The van der Waals surface area contributed by atoms with Crippen LogP contribution in [0.3, 0.4) is 0 Å². The maximum Gasteiger partial charge on any atom is 0.251 e. The van der Waals surface area contributed by atoms with E-state index in [-0.39, 0.29) is 11.9 Å². The number of halogens is 1. The van der Waals surface area contributed by atoms with Crippen molar-refractivity contribution in [1.29, 1.82) is 0 Å². The molecule has 0 aliphatic heterocycles. The Labute approximate surface area is 119 Å². The lowest BCUT2D eigenvalue weighted by atomic mass is 10.1. The van der Waals surface area contributed by atoms with Crippen LogP contribution in [0, 0.1) is 5.92 Å². The van der Waals surface area contributed by atoms with Crippen LogP contribution in [-0.4, -0.2) is 24.4 Å². The first-order chi connectivity index (χ1) is 9.24. The normalized spacial score (nSPS) is 22.2. The molecule has 19 heavy (non-hydrogen) atoms. The number of amides is 1. The number of hydrogen-bond donors (Lipinski definition) is 1. The SMILES string of the molecule is CCOc1ccc(C(=O)NC2CCCC2CCl)cc1. The summed E-state index contributed by atoms with van der Waals surface area (Å²) in [7, 11) is 0. The van der Waals surface area contributed by atoms with E-state index in [2.05, 4.69) is 5.32 Å². The Hall–Kier alpha value is -1.22. The summed E-state index contributed by atoms with van der Waals surface area (Å²) >= 11 is 5.92. The molecule has 0 spiro atoms. The number of hydrogen-bond acceptors (Lipinski definition) is 2. The highest BCUT2D eigenvalue weighted by atomic mass is 35.5. The summed E-state index contributed by atoms with van der Waals surface area (Å²) in [6.07, 6.45) is 3.28. The third-order valence-electron chi connectivity index (χ3n) is 3.60. The topological polar surface area (TPSA) is 38.3 Å². The van der Waals surface area contributed by atoms with Crippen LogP contribution >= 0.6 is 11.6 Å². The van der Waals surface area contributed by atoms with Gasteiger partial charge in [-0.1, -0.05) is 6.42 Å². The van der Waals surface area contributed by atoms with Gasteiger partial charge in [-0.15, -0.1) is 11.6 Å². The molecule has 1 fully saturated rings. The molecule has 0 aromatic heterocycles. The average Bonchev–Trinajstić information content (AvgIpc) is 2.87. The van der Waals surface area contributed by atoms with Crippen molar-refractivity contribution >= 4 is 17.5 Å². The number of nitrogens with one attached hydrogen (secondary N) is 1. The highest BCUT2D eigenvalue weighted by Crippen LogP contribution is 2.26. The van der Waals surface area contributed by atoms with Gasteiger partial charge in [0, 0.05) is 17.5 Å². The van der Waals surface area contributed by atoms with Crippen LogP contribution in [0.5, 0.6) is 5.75 Å². The van der Waals surface area contributed by atoms with Crippen molar-refractivity contribution in [1.82, 2.24) is 5.32 Å². The van der Waals surface area contributed by atoms with E-state index in [1.54, 1.807) is 12.1 Å². The van der Waals surface area contributed by atoms with Crippen molar-refractivity contribution in [3.8, 4) is 5.75 Å². The molecule has 104 valence electrons. The second kappa shape index (κ2) is 6.80. The summed E-state index contributed by atoms with van der Waals surface area (Å²) in [6, 6.07) is 7.46. The predicted molar refractivity (Wildman–Crippen MR) is 76.9 cm³/mol. The molecule has 2 atom stereocenters. The minimum absolute atomic E-state index is 0.0231. The van der Waals surface area contributed by atoms with Gasteiger partial charge in [0.15, 0.2) is 0 Å². The third kappa shape index (κ3) is 3.63. The quantitative estimate of drug-likeness (QED) is 0.842. The smallest absolute Gasteiger partial charge is 0.251 e. The van der Waals surface area contributed by atoms with Crippen LogP contribution in [0.15, 0.2) is 24.3 Å². The van der Waals surface area contributed by atoms with Gasteiger partial charge < -0.3 is 10.1 Å². The Bertz CT molecular complexity index is 419. The fraction of sp³-hybridized carbons (Fsp3) is 0.533. The van der Waals surface area contributed by atoms with Crippen molar-refractivity contribution in [2.75, 3.05) is 12.5 Å². The van der Waals surface area contributed by atoms with Crippen molar-refractivity contribution < 1.29 is 9.53 Å². The zero-order valence-corrected chi connectivity index (χ0v) is 12.0. The molecule has 2 unspecified atom stereocenters. The van der Waals surface area contributed by atoms with Crippen molar-refractivity contribution in [2.24, 2.45) is 5.92 Å². The van der Waals surface area contributed by atoms with E-state index >= 15 is 0 Å². The summed E-state index contributed by atoms with van der Waals surface area (Å²) in [5.74, 6) is 1.80. The summed E-state index contributed by atoms with van der Waals surface area (Å²) in [4.78, 5) is 12.1. The monoisotopic (exact) mass is 281 g/mol. The van der Waals surface area contributed by atoms with E-state index in [4.69, 9.17) is 16.3 Å². The zero-order chi connectivity index (χ0) is 13.7. The van der Waals surface area contributed by atoms with E-state index < -0.39 is 0 Å². The lowest BCUT2D eigenvalue weighted by Gasteiger charge is -2.18. The highest BCUT2D eigenvalue weighted by molar-refractivity contribution is 6.18. The Balaban J connectivity index is 1.95. The summed E-state index contributed by atoms with van der Waals surface area (Å²) in [5, 5.41) is 3.08. The molecule has 0 bridgehead atoms. The van der Waals surface area contributed by atoms with Crippen LogP contribution in [0.1, 0.15) is 36.5 Å². The Morgan fingerprint density at radius 1 is 1.37 bits per heavy atom. The van der Waals surface area contributed by atoms with Crippen LogP contribution < -0.4 is 10.1 Å². The lowest BCUT2D eigenvalue weighted by Crippen LogP contribution is -2.37. The molecule has 2 rings (SSSR count). The Kier molecular flexibility index (Phi) is 5.08. The molecule has 1 aromatic rings. The average molecular weight is 282 g/mol. The minimum atomic E-state index is -0.0231. The molecule has 1 N–H and O–H groups in total. The molecule has 3 nitrogen and oxygen atoms in total. The van der Waals surface area contributed by atoms with Crippen molar-refractivity contribution in [3.05, 3.63) is 29.8 Å². The molecule has 0 radical (unpaired) electrons. The van der Waals surface area contributed by atoms with Crippen molar-refractivity contribution in [2.45, 2.75) is 32.2 Å². The summed E-state index contributed by atoms with van der Waals surface area (Å²) in [6.45, 7) is 2.57. The van der Waals surface area contributed by atoms with Crippen LogP contribution in [-0.2, 0) is 0 Å². The zero-order valence-electron chi connectivity index (χ0n) is 11.2. The van der Waals surface area contributed by atoms with E-state index in [0.29, 0.717) is 24.0 Å². The van der Waals surface area contributed by atoms with Crippen LogP contribution in [0.25, 0.3) is 0 Å². The second-order valence-corrected chi connectivity index (χ2v) is 5.19. The molecule has 1 aromatic carbocycles. The summed E-state index contributed by atoms with van der Waals surface area (Å²) < 4.78 is 5.36. The standard InChI is InChI=1S/C15H20ClNO2/c1-2-19-13-8-6-11(7-9-13)15(18)17-14-5-3-4-12(14)10-16/h6-9,12,14H,2-5,10H2,1H3,(H,17,18). The number of alkyl halides is 1. The number of benzene rings is 1. The van der Waals surface area contributed by atoms with E-state index in [9.17, 15) is 4.79 Å². The molecule has 1 aliphatic rings. The molecule has 4 heteroatoms. The van der Waals surface area contributed by atoms with Gasteiger partial charge in [0.1, 0.15) is 5.75 Å². The maximum absolute atomic E-state index is 12.1. The molecular weight excluding hydrogens is 262 g/mol. The van der Waals surface area contributed by atoms with E-state index in [1.165, 1.54) is 0 Å². The number of carbonyl (C=O) groups is 1. The lowest BCUT2D eigenvalue weighted by molar-refractivity contribution is 0.0930. The molecule has 0 saturated heterocycles. The highest BCUT2D eigenvalue weighted by Gasteiger charge is 2.27. The molecule has 1 saturated carbocycles. The third-order valence-corrected chi connectivity index (χ3v) is 4.00. The Morgan fingerprint density at radius 3 is 2.74 bits per heavy atom. The van der Waals surface area contributed by atoms with E-state index in [1.807, 2.05) is 19.1 Å². The maximum atomic E-state index is 12.1. The van der Waals surface area contributed by atoms with Gasteiger partial charge in [-0.25, -0.2) is 0 Å². The first kappa shape index (κ1) is 14.2. The number of carbonyl (C=O) groups excluding carboxylic acids is 1. The first-order valence-electron chi connectivity index (χ1n) is 6.84. The van der Waals surface area contributed by atoms with Gasteiger partial charge in [0.05, 0.1) is 6.61 Å². The van der Waals surface area contributed by atoms with Gasteiger partial charge >= 0.3 is 0 Å². The summed E-state index contributed by atoms with van der Waals surface area (Å²) in [5.41, 5.74) is 0.670.